The van der Waals surface area contributed by atoms with Gasteiger partial charge in [0, 0.05) is 12.3 Å². The van der Waals surface area contributed by atoms with Gasteiger partial charge in [0.2, 0.25) is 0 Å². The zero-order valence-electron chi connectivity index (χ0n) is 9.21. The van der Waals surface area contributed by atoms with Gasteiger partial charge in [0.15, 0.2) is 0 Å². The number of hydrogen-bond acceptors (Lipinski definition) is 4. The van der Waals surface area contributed by atoms with Gasteiger partial charge in [0.05, 0.1) is 24.9 Å². The number of rotatable bonds is 6. The SMILES string of the molecule is C/C=C/[C@@H](O)[C@H](C)[C@@H](O)C[C@@H]1O[C@@H]1CO. The Hall–Kier alpha value is -0.420. The highest BCUT2D eigenvalue weighted by atomic mass is 16.6. The van der Waals surface area contributed by atoms with Crippen LogP contribution >= 0.6 is 0 Å². The van der Waals surface area contributed by atoms with E-state index in [4.69, 9.17) is 9.84 Å². The molecule has 0 radical (unpaired) electrons. The van der Waals surface area contributed by atoms with Gasteiger partial charge in [0.25, 0.3) is 0 Å². The maximum atomic E-state index is 9.78. The van der Waals surface area contributed by atoms with E-state index in [-0.39, 0.29) is 24.7 Å². The van der Waals surface area contributed by atoms with Crippen LogP contribution in [0.3, 0.4) is 0 Å². The maximum Gasteiger partial charge on any atom is 0.107 e. The molecule has 1 saturated heterocycles. The average Bonchev–Trinajstić information content (AvgIpc) is 2.95. The molecule has 0 saturated carbocycles. The lowest BCUT2D eigenvalue weighted by Crippen LogP contribution is -2.29. The van der Waals surface area contributed by atoms with E-state index in [1.807, 2.05) is 6.92 Å². The summed E-state index contributed by atoms with van der Waals surface area (Å²) >= 11 is 0. The van der Waals surface area contributed by atoms with Gasteiger partial charge >= 0.3 is 0 Å². The molecular weight excluding hydrogens is 196 g/mol. The van der Waals surface area contributed by atoms with Crippen molar-refractivity contribution in [3.8, 4) is 0 Å². The summed E-state index contributed by atoms with van der Waals surface area (Å²) in [5.74, 6) is -0.218. The molecule has 0 spiro atoms. The van der Waals surface area contributed by atoms with Crippen molar-refractivity contribution >= 4 is 0 Å². The van der Waals surface area contributed by atoms with Gasteiger partial charge in [-0.25, -0.2) is 0 Å². The van der Waals surface area contributed by atoms with Crippen molar-refractivity contribution in [1.82, 2.24) is 0 Å². The van der Waals surface area contributed by atoms with Gasteiger partial charge in [-0.1, -0.05) is 19.1 Å². The third kappa shape index (κ3) is 3.57. The van der Waals surface area contributed by atoms with Crippen LogP contribution in [-0.4, -0.2) is 46.3 Å². The third-order valence-electron chi connectivity index (χ3n) is 2.88. The number of hydrogen-bond donors (Lipinski definition) is 3. The van der Waals surface area contributed by atoms with Crippen molar-refractivity contribution < 1.29 is 20.1 Å². The third-order valence-corrected chi connectivity index (χ3v) is 2.88. The summed E-state index contributed by atoms with van der Waals surface area (Å²) in [4.78, 5) is 0. The number of allylic oxidation sites excluding steroid dienone is 1. The standard InChI is InChI=1S/C11H20O4/c1-3-4-8(13)7(2)9(14)5-10-11(6-12)15-10/h3-4,7-14H,5-6H2,1-2H3/b4-3+/t7-,8+,9-,10-,11+/m0/s1. The quantitative estimate of drug-likeness (QED) is 0.434. The first kappa shape index (κ1) is 12.6. The minimum absolute atomic E-state index is 0.00316. The zero-order chi connectivity index (χ0) is 11.4. The lowest BCUT2D eigenvalue weighted by atomic mass is 9.94. The molecule has 3 N–H and O–H groups in total. The van der Waals surface area contributed by atoms with Gasteiger partial charge in [-0.3, -0.25) is 0 Å². The number of ether oxygens (including phenoxy) is 1. The summed E-state index contributed by atoms with van der Waals surface area (Å²) in [6, 6.07) is 0. The first-order chi connectivity index (χ1) is 7.10. The Morgan fingerprint density at radius 3 is 2.47 bits per heavy atom. The summed E-state index contributed by atoms with van der Waals surface area (Å²) in [5, 5.41) is 28.1. The van der Waals surface area contributed by atoms with Crippen LogP contribution < -0.4 is 0 Å². The van der Waals surface area contributed by atoms with Gasteiger partial charge in [0.1, 0.15) is 6.10 Å². The molecule has 5 atom stereocenters. The van der Waals surface area contributed by atoms with Crippen LogP contribution in [-0.2, 0) is 4.74 Å². The van der Waals surface area contributed by atoms with E-state index in [0.717, 1.165) is 0 Å². The molecule has 1 rings (SSSR count). The first-order valence-electron chi connectivity index (χ1n) is 5.35. The molecule has 1 heterocycles. The molecule has 0 aliphatic carbocycles. The highest BCUT2D eigenvalue weighted by Gasteiger charge is 2.40. The Balaban J connectivity index is 2.30. The maximum absolute atomic E-state index is 9.78. The summed E-state index contributed by atoms with van der Waals surface area (Å²) in [7, 11) is 0. The second-order valence-electron chi connectivity index (χ2n) is 4.07. The molecule has 1 aliphatic heterocycles. The van der Waals surface area contributed by atoms with Crippen LogP contribution in [0.5, 0.6) is 0 Å². The Morgan fingerprint density at radius 1 is 1.33 bits per heavy atom. The Bertz CT molecular complexity index is 217. The van der Waals surface area contributed by atoms with Crippen molar-refractivity contribution in [2.75, 3.05) is 6.61 Å². The van der Waals surface area contributed by atoms with Crippen molar-refractivity contribution in [2.45, 2.75) is 44.7 Å². The second-order valence-corrected chi connectivity index (χ2v) is 4.07. The zero-order valence-corrected chi connectivity index (χ0v) is 9.21. The van der Waals surface area contributed by atoms with E-state index in [1.54, 1.807) is 19.1 Å². The monoisotopic (exact) mass is 216 g/mol. The molecule has 88 valence electrons. The molecule has 0 amide bonds. The van der Waals surface area contributed by atoms with E-state index < -0.39 is 12.2 Å². The van der Waals surface area contributed by atoms with Crippen LogP contribution in [0.25, 0.3) is 0 Å². The Labute approximate surface area is 90.2 Å². The van der Waals surface area contributed by atoms with Crippen molar-refractivity contribution in [3.05, 3.63) is 12.2 Å². The predicted octanol–water partition coefficient (Wildman–Crippen LogP) is 0.0702. The topological polar surface area (TPSA) is 73.2 Å². The van der Waals surface area contributed by atoms with Gasteiger partial charge in [-0.05, 0) is 6.92 Å². The molecule has 0 aromatic rings. The van der Waals surface area contributed by atoms with E-state index in [1.165, 1.54) is 0 Å². The fraction of sp³-hybridized carbons (Fsp3) is 0.818. The summed E-state index contributed by atoms with van der Waals surface area (Å²) < 4.78 is 5.12. The molecule has 0 aromatic heterocycles. The van der Waals surface area contributed by atoms with Crippen molar-refractivity contribution in [3.63, 3.8) is 0 Å². The normalized spacial score (nSPS) is 31.5. The number of aliphatic hydroxyl groups excluding tert-OH is 3. The van der Waals surface area contributed by atoms with Crippen molar-refractivity contribution in [1.29, 1.82) is 0 Å². The minimum Gasteiger partial charge on any atom is -0.394 e. The molecule has 0 unspecified atom stereocenters. The van der Waals surface area contributed by atoms with Crippen LogP contribution in [0.1, 0.15) is 20.3 Å². The van der Waals surface area contributed by atoms with Crippen molar-refractivity contribution in [2.24, 2.45) is 5.92 Å². The Morgan fingerprint density at radius 2 is 2.00 bits per heavy atom. The van der Waals surface area contributed by atoms with Gasteiger partial charge < -0.3 is 20.1 Å². The molecule has 0 bridgehead atoms. The van der Waals surface area contributed by atoms with E-state index in [2.05, 4.69) is 0 Å². The van der Waals surface area contributed by atoms with E-state index in [0.29, 0.717) is 6.42 Å². The molecule has 1 fully saturated rings. The smallest absolute Gasteiger partial charge is 0.107 e. The number of epoxide rings is 1. The molecular formula is C11H20O4. The van der Waals surface area contributed by atoms with Crippen LogP contribution in [0.4, 0.5) is 0 Å². The molecule has 4 nitrogen and oxygen atoms in total. The minimum atomic E-state index is -0.628. The lowest BCUT2D eigenvalue weighted by Gasteiger charge is -2.21. The molecule has 0 aromatic carbocycles. The van der Waals surface area contributed by atoms with Gasteiger partial charge in [-0.2, -0.15) is 0 Å². The van der Waals surface area contributed by atoms with Crippen LogP contribution in [0.15, 0.2) is 12.2 Å². The molecule has 4 heteroatoms. The molecule has 15 heavy (non-hydrogen) atoms. The van der Waals surface area contributed by atoms with Crippen LogP contribution in [0.2, 0.25) is 0 Å². The predicted molar refractivity (Wildman–Crippen MR) is 56.4 cm³/mol. The summed E-state index contributed by atoms with van der Waals surface area (Å²) in [5.41, 5.74) is 0. The van der Waals surface area contributed by atoms with E-state index >= 15 is 0 Å². The van der Waals surface area contributed by atoms with E-state index in [9.17, 15) is 10.2 Å². The number of aliphatic hydroxyl groups is 3. The summed E-state index contributed by atoms with van der Waals surface area (Å²) in [6.45, 7) is 3.63. The fourth-order valence-corrected chi connectivity index (χ4v) is 1.60. The Kier molecular flexibility index (Phi) is 4.73. The lowest BCUT2D eigenvalue weighted by molar-refractivity contribution is 0.0355. The highest BCUT2D eigenvalue weighted by molar-refractivity contribution is 4.93. The van der Waals surface area contributed by atoms with Gasteiger partial charge in [-0.15, -0.1) is 0 Å². The average molecular weight is 216 g/mol. The van der Waals surface area contributed by atoms with Crippen LogP contribution in [0, 0.1) is 5.92 Å². The molecule has 1 aliphatic rings. The first-order valence-corrected chi connectivity index (χ1v) is 5.35. The second kappa shape index (κ2) is 5.61. The largest absolute Gasteiger partial charge is 0.394 e. The highest BCUT2D eigenvalue weighted by Crippen LogP contribution is 2.28. The summed E-state index contributed by atoms with van der Waals surface area (Å²) in [6.07, 6.45) is 2.49. The fourth-order valence-electron chi connectivity index (χ4n) is 1.60.